The van der Waals surface area contributed by atoms with Crippen LogP contribution in [0.15, 0.2) is 0 Å². The SMILES string of the molecule is OC1(C2C3CC4CC(C3)CC2C4)CC2CCC(C1)N2. The first-order valence-electron chi connectivity index (χ1n) is 8.68. The van der Waals surface area contributed by atoms with E-state index in [2.05, 4.69) is 5.32 Å². The third-order valence-corrected chi connectivity index (χ3v) is 7.38. The Morgan fingerprint density at radius 3 is 1.84 bits per heavy atom. The number of nitrogens with one attached hydrogen (secondary N) is 1. The number of aliphatic hydroxyl groups is 1. The lowest BCUT2D eigenvalue weighted by Gasteiger charge is -2.60. The van der Waals surface area contributed by atoms with Crippen LogP contribution in [0.25, 0.3) is 0 Å². The Balaban J connectivity index is 1.46. The molecule has 6 bridgehead atoms. The van der Waals surface area contributed by atoms with Gasteiger partial charge in [0.1, 0.15) is 0 Å². The highest BCUT2D eigenvalue weighted by Crippen LogP contribution is 2.61. The minimum absolute atomic E-state index is 0.306. The van der Waals surface area contributed by atoms with Gasteiger partial charge in [-0.25, -0.2) is 0 Å². The summed E-state index contributed by atoms with van der Waals surface area (Å²) in [5.74, 6) is 4.46. The van der Waals surface area contributed by atoms with Gasteiger partial charge in [0.15, 0.2) is 0 Å². The lowest BCUT2D eigenvalue weighted by atomic mass is 9.47. The van der Waals surface area contributed by atoms with E-state index in [4.69, 9.17) is 0 Å². The van der Waals surface area contributed by atoms with E-state index in [1.165, 1.54) is 44.9 Å². The van der Waals surface area contributed by atoms with Crippen LogP contribution in [0.1, 0.15) is 57.8 Å². The van der Waals surface area contributed by atoms with Crippen molar-refractivity contribution in [1.82, 2.24) is 5.32 Å². The zero-order chi connectivity index (χ0) is 12.6. The van der Waals surface area contributed by atoms with Gasteiger partial charge in [0, 0.05) is 12.1 Å². The van der Waals surface area contributed by atoms with Crippen LogP contribution in [-0.2, 0) is 0 Å². The van der Waals surface area contributed by atoms with E-state index in [0.29, 0.717) is 18.0 Å². The van der Waals surface area contributed by atoms with Gasteiger partial charge in [-0.1, -0.05) is 0 Å². The lowest BCUT2D eigenvalue weighted by molar-refractivity contribution is -0.159. The first kappa shape index (κ1) is 11.6. The number of fused-ring (bicyclic) bond motifs is 2. The molecule has 0 aromatic carbocycles. The first-order valence-corrected chi connectivity index (χ1v) is 8.68. The number of rotatable bonds is 1. The summed E-state index contributed by atoms with van der Waals surface area (Å²) < 4.78 is 0. The van der Waals surface area contributed by atoms with Crippen LogP contribution in [0.3, 0.4) is 0 Å². The molecule has 19 heavy (non-hydrogen) atoms. The largest absolute Gasteiger partial charge is 0.389 e. The van der Waals surface area contributed by atoms with E-state index in [-0.39, 0.29) is 5.60 Å². The normalized spacial score (nSPS) is 62.7. The Hall–Kier alpha value is -0.0800. The minimum Gasteiger partial charge on any atom is -0.389 e. The van der Waals surface area contributed by atoms with Crippen molar-refractivity contribution in [3.8, 4) is 0 Å². The Kier molecular flexibility index (Phi) is 2.29. The quantitative estimate of drug-likeness (QED) is 0.760. The van der Waals surface area contributed by atoms with Gasteiger partial charge < -0.3 is 10.4 Å². The molecule has 6 aliphatic rings. The summed E-state index contributed by atoms with van der Waals surface area (Å²) >= 11 is 0. The van der Waals surface area contributed by atoms with Gasteiger partial charge in [-0.3, -0.25) is 0 Å². The van der Waals surface area contributed by atoms with Crippen molar-refractivity contribution in [2.75, 3.05) is 0 Å². The lowest BCUT2D eigenvalue weighted by Crippen LogP contribution is -2.60. The van der Waals surface area contributed by atoms with E-state index in [0.717, 1.165) is 36.5 Å². The fourth-order valence-electron chi connectivity index (χ4n) is 7.24. The zero-order valence-corrected chi connectivity index (χ0v) is 11.9. The van der Waals surface area contributed by atoms with Crippen molar-refractivity contribution in [2.24, 2.45) is 29.6 Å². The summed E-state index contributed by atoms with van der Waals surface area (Å²) in [6.07, 6.45) is 12.0. The zero-order valence-electron chi connectivity index (χ0n) is 11.9. The Bertz CT molecular complexity index is 353. The maximum Gasteiger partial charge on any atom is 0.0710 e. The molecule has 6 rings (SSSR count). The minimum atomic E-state index is -0.306. The molecule has 2 heteroatoms. The molecule has 2 nitrogen and oxygen atoms in total. The molecule has 2 aliphatic heterocycles. The molecule has 2 N–H and O–H groups in total. The molecule has 2 heterocycles. The topological polar surface area (TPSA) is 32.3 Å². The van der Waals surface area contributed by atoms with E-state index in [9.17, 15) is 5.11 Å². The van der Waals surface area contributed by atoms with Crippen LogP contribution in [0.5, 0.6) is 0 Å². The Morgan fingerprint density at radius 1 is 0.789 bits per heavy atom. The average molecular weight is 261 g/mol. The molecule has 0 radical (unpaired) electrons. The van der Waals surface area contributed by atoms with Crippen molar-refractivity contribution >= 4 is 0 Å². The third-order valence-electron chi connectivity index (χ3n) is 7.38. The summed E-state index contributed by atoms with van der Waals surface area (Å²) in [5.41, 5.74) is -0.306. The molecule has 4 saturated carbocycles. The second kappa shape index (κ2) is 3.76. The van der Waals surface area contributed by atoms with Crippen LogP contribution < -0.4 is 5.32 Å². The van der Waals surface area contributed by atoms with Gasteiger partial charge in [-0.05, 0) is 87.4 Å². The van der Waals surface area contributed by atoms with Crippen LogP contribution >= 0.6 is 0 Å². The maximum absolute atomic E-state index is 11.4. The molecule has 106 valence electrons. The van der Waals surface area contributed by atoms with Crippen molar-refractivity contribution in [2.45, 2.75) is 75.5 Å². The molecule has 0 amide bonds. The van der Waals surface area contributed by atoms with Crippen molar-refractivity contribution in [3.05, 3.63) is 0 Å². The monoisotopic (exact) mass is 261 g/mol. The Morgan fingerprint density at radius 2 is 1.32 bits per heavy atom. The second-order valence-electron chi connectivity index (χ2n) is 8.61. The molecule has 2 unspecified atom stereocenters. The molecule has 0 spiro atoms. The van der Waals surface area contributed by atoms with Gasteiger partial charge in [-0.15, -0.1) is 0 Å². The predicted molar refractivity (Wildman–Crippen MR) is 74.7 cm³/mol. The van der Waals surface area contributed by atoms with E-state index in [1.807, 2.05) is 0 Å². The predicted octanol–water partition coefficient (Wildman–Crippen LogP) is 2.70. The molecule has 0 aromatic heterocycles. The first-order chi connectivity index (χ1) is 9.19. The number of piperidine rings is 1. The van der Waals surface area contributed by atoms with Gasteiger partial charge in [0.25, 0.3) is 0 Å². The molecule has 4 aliphatic carbocycles. The molecular formula is C17H27NO. The van der Waals surface area contributed by atoms with Crippen molar-refractivity contribution in [3.63, 3.8) is 0 Å². The number of hydrogen-bond donors (Lipinski definition) is 2. The summed E-state index contributed by atoms with van der Waals surface area (Å²) in [6.45, 7) is 0. The number of hydrogen-bond acceptors (Lipinski definition) is 2. The highest BCUT2D eigenvalue weighted by Gasteiger charge is 2.57. The van der Waals surface area contributed by atoms with Gasteiger partial charge >= 0.3 is 0 Å². The highest BCUT2D eigenvalue weighted by molar-refractivity contribution is 5.10. The highest BCUT2D eigenvalue weighted by atomic mass is 16.3. The van der Waals surface area contributed by atoms with Crippen molar-refractivity contribution in [1.29, 1.82) is 0 Å². The third kappa shape index (κ3) is 1.62. The second-order valence-corrected chi connectivity index (χ2v) is 8.61. The molecule has 6 fully saturated rings. The molecule has 2 saturated heterocycles. The van der Waals surface area contributed by atoms with Crippen LogP contribution in [-0.4, -0.2) is 22.8 Å². The summed E-state index contributed by atoms with van der Waals surface area (Å²) in [7, 11) is 0. The fraction of sp³-hybridized carbons (Fsp3) is 1.00. The van der Waals surface area contributed by atoms with Crippen LogP contribution in [0, 0.1) is 29.6 Å². The van der Waals surface area contributed by atoms with Gasteiger partial charge in [0.05, 0.1) is 5.60 Å². The molecular weight excluding hydrogens is 234 g/mol. The van der Waals surface area contributed by atoms with E-state index in [1.54, 1.807) is 0 Å². The standard InChI is InChI=1S/C17H27NO/c19-17(8-14-1-2-15(9-17)18-14)16-12-4-10-3-11(6-12)7-13(16)5-10/h10-16,18-19H,1-9H2. The van der Waals surface area contributed by atoms with E-state index >= 15 is 0 Å². The smallest absolute Gasteiger partial charge is 0.0710 e. The van der Waals surface area contributed by atoms with E-state index < -0.39 is 0 Å². The van der Waals surface area contributed by atoms with Crippen LogP contribution in [0.4, 0.5) is 0 Å². The summed E-state index contributed by atoms with van der Waals surface area (Å²) in [4.78, 5) is 0. The van der Waals surface area contributed by atoms with Gasteiger partial charge in [0.2, 0.25) is 0 Å². The average Bonchev–Trinajstić information content (AvgIpc) is 2.67. The maximum atomic E-state index is 11.4. The summed E-state index contributed by atoms with van der Waals surface area (Å²) in [5, 5.41) is 15.2. The molecule has 2 atom stereocenters. The fourth-order valence-corrected chi connectivity index (χ4v) is 7.24. The van der Waals surface area contributed by atoms with Gasteiger partial charge in [-0.2, -0.15) is 0 Å². The van der Waals surface area contributed by atoms with Crippen molar-refractivity contribution < 1.29 is 5.11 Å². The Labute approximate surface area is 116 Å². The molecule has 0 aromatic rings. The summed E-state index contributed by atoms with van der Waals surface area (Å²) in [6, 6.07) is 1.25. The van der Waals surface area contributed by atoms with Crippen LogP contribution in [0.2, 0.25) is 0 Å².